The Hall–Kier alpha value is -0.870. The van der Waals surface area contributed by atoms with Crippen LogP contribution in [0.5, 0.6) is 0 Å². The number of carbonyl (C=O) groups excluding carboxylic acids is 1. The van der Waals surface area contributed by atoms with E-state index in [1.807, 2.05) is 13.0 Å². The average molecular weight is 241 g/mol. The van der Waals surface area contributed by atoms with E-state index in [1.165, 1.54) is 4.88 Å². The van der Waals surface area contributed by atoms with Crippen LogP contribution in [0.15, 0.2) is 17.5 Å². The number of carbonyl (C=O) groups is 1. The minimum Gasteiger partial charge on any atom is -0.465 e. The Morgan fingerprint density at radius 3 is 2.94 bits per heavy atom. The van der Waals surface area contributed by atoms with Crippen LogP contribution in [-0.4, -0.2) is 19.1 Å². The van der Waals surface area contributed by atoms with Crippen LogP contribution < -0.4 is 5.32 Å². The predicted octanol–water partition coefficient (Wildman–Crippen LogP) is 2.74. The number of rotatable bonds is 7. The molecule has 1 N–H and O–H groups in total. The Kier molecular flexibility index (Phi) is 6.11. The highest BCUT2D eigenvalue weighted by Crippen LogP contribution is 2.22. The third kappa shape index (κ3) is 4.33. The Labute approximate surface area is 101 Å². The van der Waals surface area contributed by atoms with Crippen molar-refractivity contribution in [1.82, 2.24) is 5.32 Å². The summed E-state index contributed by atoms with van der Waals surface area (Å²) in [4.78, 5) is 12.5. The van der Waals surface area contributed by atoms with Gasteiger partial charge in [-0.25, -0.2) is 0 Å². The molecule has 1 unspecified atom stereocenters. The van der Waals surface area contributed by atoms with Gasteiger partial charge in [0.1, 0.15) is 0 Å². The minimum absolute atomic E-state index is 0.180. The maximum absolute atomic E-state index is 11.2. The van der Waals surface area contributed by atoms with Gasteiger partial charge in [-0.2, -0.15) is 0 Å². The Morgan fingerprint density at radius 1 is 1.56 bits per heavy atom. The second-order valence-electron chi connectivity index (χ2n) is 3.54. The molecule has 1 aromatic rings. The number of hydrogen-bond donors (Lipinski definition) is 1. The molecular weight excluding hydrogens is 222 g/mol. The molecule has 0 bridgehead atoms. The lowest BCUT2D eigenvalue weighted by Gasteiger charge is -2.15. The molecule has 0 aliphatic carbocycles. The second kappa shape index (κ2) is 7.41. The van der Waals surface area contributed by atoms with Crippen LogP contribution in [-0.2, 0) is 9.53 Å². The van der Waals surface area contributed by atoms with Crippen LogP contribution >= 0.6 is 11.3 Å². The molecule has 0 radical (unpaired) electrons. The number of thiophene rings is 1. The van der Waals surface area contributed by atoms with Crippen molar-refractivity contribution in [2.75, 3.05) is 13.2 Å². The first-order chi connectivity index (χ1) is 7.77. The third-order valence-electron chi connectivity index (χ3n) is 2.26. The summed E-state index contributed by atoms with van der Waals surface area (Å²) in [6, 6.07) is 4.41. The quantitative estimate of drug-likeness (QED) is 0.746. The Bertz CT molecular complexity index is 298. The normalized spacial score (nSPS) is 12.4. The molecule has 0 aliphatic heterocycles. The van der Waals surface area contributed by atoms with Crippen molar-refractivity contribution in [2.45, 2.75) is 32.7 Å². The molecule has 1 heterocycles. The van der Waals surface area contributed by atoms with Crippen LogP contribution in [0.4, 0.5) is 0 Å². The highest BCUT2D eigenvalue weighted by atomic mass is 32.1. The van der Waals surface area contributed by atoms with Crippen molar-refractivity contribution in [3.63, 3.8) is 0 Å². The fraction of sp³-hybridized carbons (Fsp3) is 0.583. The minimum atomic E-state index is -0.180. The number of nitrogens with one attached hydrogen (secondary N) is 1. The SMILES string of the molecule is CCCC(NCC(=O)OCC)c1cccs1. The molecule has 0 saturated carbocycles. The van der Waals surface area contributed by atoms with E-state index in [1.54, 1.807) is 11.3 Å². The average Bonchev–Trinajstić information content (AvgIpc) is 2.78. The van der Waals surface area contributed by atoms with Crippen molar-refractivity contribution in [2.24, 2.45) is 0 Å². The van der Waals surface area contributed by atoms with E-state index in [2.05, 4.69) is 23.7 Å². The molecule has 0 fully saturated rings. The molecule has 1 aromatic heterocycles. The zero-order valence-corrected chi connectivity index (χ0v) is 10.7. The van der Waals surface area contributed by atoms with Gasteiger partial charge in [0.2, 0.25) is 0 Å². The molecule has 90 valence electrons. The summed E-state index contributed by atoms with van der Waals surface area (Å²) >= 11 is 1.72. The summed E-state index contributed by atoms with van der Waals surface area (Å²) in [5, 5.41) is 5.30. The summed E-state index contributed by atoms with van der Waals surface area (Å²) < 4.78 is 4.89. The van der Waals surface area contributed by atoms with E-state index in [-0.39, 0.29) is 18.6 Å². The topological polar surface area (TPSA) is 38.3 Å². The van der Waals surface area contributed by atoms with Gasteiger partial charge in [-0.05, 0) is 24.8 Å². The number of ether oxygens (including phenoxy) is 1. The zero-order chi connectivity index (χ0) is 11.8. The van der Waals surface area contributed by atoms with Gasteiger partial charge >= 0.3 is 5.97 Å². The first kappa shape index (κ1) is 13.2. The standard InChI is InChI=1S/C12H19NO2S/c1-3-6-10(11-7-5-8-16-11)13-9-12(14)15-4-2/h5,7-8,10,13H,3-4,6,9H2,1-2H3. The molecule has 4 heteroatoms. The summed E-state index contributed by atoms with van der Waals surface area (Å²) in [6.07, 6.45) is 2.14. The van der Waals surface area contributed by atoms with Gasteiger partial charge in [0.05, 0.1) is 13.2 Å². The molecule has 1 atom stereocenters. The van der Waals surface area contributed by atoms with Crippen molar-refractivity contribution < 1.29 is 9.53 Å². The molecule has 0 saturated heterocycles. The smallest absolute Gasteiger partial charge is 0.319 e. The number of hydrogen-bond acceptors (Lipinski definition) is 4. The molecule has 0 aromatic carbocycles. The highest BCUT2D eigenvalue weighted by molar-refractivity contribution is 7.10. The molecular formula is C12H19NO2S. The zero-order valence-electron chi connectivity index (χ0n) is 9.86. The van der Waals surface area contributed by atoms with Gasteiger partial charge in [-0.15, -0.1) is 11.3 Å². The third-order valence-corrected chi connectivity index (χ3v) is 3.25. The van der Waals surface area contributed by atoms with Crippen molar-refractivity contribution in [3.8, 4) is 0 Å². The van der Waals surface area contributed by atoms with Crippen molar-refractivity contribution in [1.29, 1.82) is 0 Å². The van der Waals surface area contributed by atoms with Gasteiger partial charge in [-0.3, -0.25) is 10.1 Å². The monoisotopic (exact) mass is 241 g/mol. The second-order valence-corrected chi connectivity index (χ2v) is 4.52. The van der Waals surface area contributed by atoms with Crippen molar-refractivity contribution >= 4 is 17.3 Å². The van der Waals surface area contributed by atoms with E-state index >= 15 is 0 Å². The first-order valence-corrected chi connectivity index (χ1v) is 6.58. The first-order valence-electron chi connectivity index (χ1n) is 5.70. The van der Waals surface area contributed by atoms with Gasteiger partial charge < -0.3 is 4.74 Å². The summed E-state index contributed by atoms with van der Waals surface area (Å²) in [7, 11) is 0. The van der Waals surface area contributed by atoms with E-state index < -0.39 is 0 Å². The summed E-state index contributed by atoms with van der Waals surface area (Å²) in [5.41, 5.74) is 0. The van der Waals surface area contributed by atoms with E-state index in [4.69, 9.17) is 4.74 Å². The van der Waals surface area contributed by atoms with Crippen LogP contribution in [0.2, 0.25) is 0 Å². The Morgan fingerprint density at radius 2 is 2.38 bits per heavy atom. The molecule has 16 heavy (non-hydrogen) atoms. The molecule has 0 amide bonds. The maximum Gasteiger partial charge on any atom is 0.319 e. The van der Waals surface area contributed by atoms with Gasteiger partial charge in [0.25, 0.3) is 0 Å². The summed E-state index contributed by atoms with van der Waals surface area (Å²) in [6.45, 7) is 4.70. The fourth-order valence-corrected chi connectivity index (χ4v) is 2.38. The lowest BCUT2D eigenvalue weighted by atomic mass is 10.1. The van der Waals surface area contributed by atoms with Crippen LogP contribution in [0.25, 0.3) is 0 Å². The predicted molar refractivity (Wildman–Crippen MR) is 66.6 cm³/mol. The lowest BCUT2D eigenvalue weighted by molar-refractivity contribution is -0.142. The largest absolute Gasteiger partial charge is 0.465 e. The molecule has 3 nitrogen and oxygen atoms in total. The van der Waals surface area contributed by atoms with E-state index in [0.29, 0.717) is 6.61 Å². The maximum atomic E-state index is 11.2. The van der Waals surface area contributed by atoms with Gasteiger partial charge in [0, 0.05) is 10.9 Å². The van der Waals surface area contributed by atoms with E-state index in [9.17, 15) is 4.79 Å². The van der Waals surface area contributed by atoms with Crippen LogP contribution in [0, 0.1) is 0 Å². The van der Waals surface area contributed by atoms with Gasteiger partial charge in [0.15, 0.2) is 0 Å². The van der Waals surface area contributed by atoms with Crippen molar-refractivity contribution in [3.05, 3.63) is 22.4 Å². The number of esters is 1. The Balaban J connectivity index is 2.43. The molecule has 0 spiro atoms. The summed E-state index contributed by atoms with van der Waals surface area (Å²) in [5.74, 6) is -0.180. The lowest BCUT2D eigenvalue weighted by Crippen LogP contribution is -2.28. The molecule has 0 aliphatic rings. The fourth-order valence-electron chi connectivity index (χ4n) is 1.54. The highest BCUT2D eigenvalue weighted by Gasteiger charge is 2.12. The van der Waals surface area contributed by atoms with Gasteiger partial charge in [-0.1, -0.05) is 19.4 Å². The van der Waals surface area contributed by atoms with E-state index in [0.717, 1.165) is 12.8 Å². The molecule has 1 rings (SSSR count). The van der Waals surface area contributed by atoms with Crippen LogP contribution in [0.3, 0.4) is 0 Å². The van der Waals surface area contributed by atoms with Crippen LogP contribution in [0.1, 0.15) is 37.6 Å².